The molecular formula is C13H16FN5OS. The van der Waals surface area contributed by atoms with Gasteiger partial charge in [0.25, 0.3) is 0 Å². The van der Waals surface area contributed by atoms with Crippen molar-refractivity contribution < 1.29 is 9.18 Å². The molecule has 1 aromatic carbocycles. The summed E-state index contributed by atoms with van der Waals surface area (Å²) in [4.78, 5) is 11.9. The Hall–Kier alpha value is -1.96. The maximum Gasteiger partial charge on any atom is 0.234 e. The first-order chi connectivity index (χ1) is 9.86. The van der Waals surface area contributed by atoms with Gasteiger partial charge in [0.15, 0.2) is 0 Å². The highest BCUT2D eigenvalue weighted by atomic mass is 32.2. The first-order valence-electron chi connectivity index (χ1n) is 6.33. The average molecular weight is 309 g/mol. The fourth-order valence-electron chi connectivity index (χ4n) is 1.55. The maximum atomic E-state index is 12.8. The van der Waals surface area contributed by atoms with Crippen molar-refractivity contribution in [2.45, 2.75) is 31.5 Å². The van der Waals surface area contributed by atoms with E-state index in [1.54, 1.807) is 4.68 Å². The van der Waals surface area contributed by atoms with E-state index in [9.17, 15) is 9.18 Å². The quantitative estimate of drug-likeness (QED) is 0.877. The second-order valence-electron chi connectivity index (χ2n) is 5.39. The maximum absolute atomic E-state index is 12.8. The number of nitrogens with one attached hydrogen (secondary N) is 1. The van der Waals surface area contributed by atoms with Crippen LogP contribution in [0.15, 0.2) is 29.4 Å². The molecule has 1 heterocycles. The predicted molar refractivity (Wildman–Crippen MR) is 78.6 cm³/mol. The second-order valence-corrected chi connectivity index (χ2v) is 6.33. The van der Waals surface area contributed by atoms with E-state index in [1.807, 2.05) is 20.8 Å². The number of carbonyl (C=O) groups is 1. The van der Waals surface area contributed by atoms with Crippen LogP contribution in [0.25, 0.3) is 0 Å². The van der Waals surface area contributed by atoms with E-state index in [4.69, 9.17) is 0 Å². The Labute approximate surface area is 126 Å². The Kier molecular flexibility index (Phi) is 4.56. The number of amides is 1. The number of benzene rings is 1. The number of halogens is 1. The van der Waals surface area contributed by atoms with Crippen molar-refractivity contribution >= 4 is 23.4 Å². The molecule has 0 radical (unpaired) electrons. The molecule has 1 aromatic heterocycles. The average Bonchev–Trinajstić information content (AvgIpc) is 2.87. The zero-order valence-electron chi connectivity index (χ0n) is 12.0. The number of anilines is 1. The molecule has 2 rings (SSSR count). The molecule has 0 saturated carbocycles. The van der Waals surface area contributed by atoms with Crippen LogP contribution in [0.3, 0.4) is 0 Å². The zero-order chi connectivity index (χ0) is 15.5. The Morgan fingerprint density at radius 1 is 1.33 bits per heavy atom. The summed E-state index contributed by atoms with van der Waals surface area (Å²) in [5, 5.41) is 14.7. The fourth-order valence-corrected chi connectivity index (χ4v) is 2.41. The summed E-state index contributed by atoms with van der Waals surface area (Å²) in [6, 6.07) is 5.61. The van der Waals surface area contributed by atoms with Crippen molar-refractivity contribution in [2.75, 3.05) is 11.1 Å². The lowest BCUT2D eigenvalue weighted by molar-refractivity contribution is -0.113. The normalized spacial score (nSPS) is 11.4. The molecule has 0 saturated heterocycles. The summed E-state index contributed by atoms with van der Waals surface area (Å²) in [5.41, 5.74) is 0.302. The van der Waals surface area contributed by atoms with Crippen LogP contribution < -0.4 is 5.32 Å². The fraction of sp³-hybridized carbons (Fsp3) is 0.385. The molecule has 1 amide bonds. The second kappa shape index (κ2) is 6.21. The van der Waals surface area contributed by atoms with Gasteiger partial charge in [-0.2, -0.15) is 0 Å². The summed E-state index contributed by atoms with van der Waals surface area (Å²) in [6.45, 7) is 5.93. The lowest BCUT2D eigenvalue weighted by atomic mass is 10.1. The van der Waals surface area contributed by atoms with Crippen LogP contribution in [0, 0.1) is 5.82 Å². The van der Waals surface area contributed by atoms with Gasteiger partial charge < -0.3 is 5.32 Å². The van der Waals surface area contributed by atoms with E-state index in [2.05, 4.69) is 20.8 Å². The first-order valence-corrected chi connectivity index (χ1v) is 7.32. The van der Waals surface area contributed by atoms with E-state index < -0.39 is 0 Å². The number of nitrogens with zero attached hydrogens (tertiary/aromatic N) is 4. The molecule has 21 heavy (non-hydrogen) atoms. The highest BCUT2D eigenvalue weighted by Gasteiger charge is 2.20. The van der Waals surface area contributed by atoms with Gasteiger partial charge in [-0.05, 0) is 55.5 Å². The molecule has 0 unspecified atom stereocenters. The van der Waals surface area contributed by atoms with Gasteiger partial charge in [0.05, 0.1) is 11.3 Å². The van der Waals surface area contributed by atoms with Crippen LogP contribution in [0.5, 0.6) is 0 Å². The zero-order valence-corrected chi connectivity index (χ0v) is 12.8. The Balaban J connectivity index is 1.93. The molecule has 0 bridgehead atoms. The van der Waals surface area contributed by atoms with E-state index in [0.717, 1.165) is 0 Å². The van der Waals surface area contributed by atoms with Gasteiger partial charge in [-0.3, -0.25) is 4.79 Å². The van der Waals surface area contributed by atoms with Gasteiger partial charge in [-0.1, -0.05) is 11.8 Å². The molecule has 1 N–H and O–H groups in total. The van der Waals surface area contributed by atoms with E-state index >= 15 is 0 Å². The van der Waals surface area contributed by atoms with Gasteiger partial charge in [0.2, 0.25) is 11.1 Å². The van der Waals surface area contributed by atoms with Crippen LogP contribution in [0.4, 0.5) is 10.1 Å². The molecule has 6 nitrogen and oxygen atoms in total. The molecule has 0 spiro atoms. The molecule has 0 aliphatic heterocycles. The number of tetrazole rings is 1. The summed E-state index contributed by atoms with van der Waals surface area (Å²) in [7, 11) is 0. The van der Waals surface area contributed by atoms with Gasteiger partial charge in [-0.15, -0.1) is 5.10 Å². The molecule has 112 valence electrons. The van der Waals surface area contributed by atoms with Crippen LogP contribution >= 0.6 is 11.8 Å². The van der Waals surface area contributed by atoms with E-state index in [1.165, 1.54) is 36.0 Å². The third kappa shape index (κ3) is 4.25. The minimum absolute atomic E-state index is 0.174. The number of hydrogen-bond acceptors (Lipinski definition) is 5. The Morgan fingerprint density at radius 3 is 2.62 bits per heavy atom. The van der Waals surface area contributed by atoms with Crippen LogP contribution in [0.2, 0.25) is 0 Å². The predicted octanol–water partition coefficient (Wildman–Crippen LogP) is 2.30. The topological polar surface area (TPSA) is 72.7 Å². The van der Waals surface area contributed by atoms with Crippen LogP contribution in [-0.2, 0) is 10.3 Å². The van der Waals surface area contributed by atoms with Crippen molar-refractivity contribution in [3.63, 3.8) is 0 Å². The summed E-state index contributed by atoms with van der Waals surface area (Å²) in [5.74, 6) is -0.366. The minimum Gasteiger partial charge on any atom is -0.325 e. The standard InChI is InChI=1S/C13H16FN5OS/c1-13(2,3)19-12(16-17-18-19)21-8-11(20)15-10-6-4-9(14)5-7-10/h4-7H,8H2,1-3H3,(H,15,20). The Morgan fingerprint density at radius 2 is 2.00 bits per heavy atom. The highest BCUT2D eigenvalue weighted by Crippen LogP contribution is 2.21. The summed E-state index contributed by atoms with van der Waals surface area (Å²) < 4.78 is 14.4. The first kappa shape index (κ1) is 15.4. The largest absolute Gasteiger partial charge is 0.325 e. The lowest BCUT2D eigenvalue weighted by Crippen LogP contribution is -2.24. The van der Waals surface area contributed by atoms with E-state index in [0.29, 0.717) is 10.8 Å². The molecule has 8 heteroatoms. The monoisotopic (exact) mass is 309 g/mol. The number of aromatic nitrogens is 4. The molecule has 0 atom stereocenters. The van der Waals surface area contributed by atoms with Crippen molar-refractivity contribution in [2.24, 2.45) is 0 Å². The van der Waals surface area contributed by atoms with Gasteiger partial charge >= 0.3 is 0 Å². The van der Waals surface area contributed by atoms with Crippen molar-refractivity contribution in [3.8, 4) is 0 Å². The molecule has 0 fully saturated rings. The lowest BCUT2D eigenvalue weighted by Gasteiger charge is -2.19. The Bertz CT molecular complexity index is 620. The van der Waals surface area contributed by atoms with Gasteiger partial charge in [-0.25, -0.2) is 9.07 Å². The van der Waals surface area contributed by atoms with Crippen LogP contribution in [0.1, 0.15) is 20.8 Å². The number of hydrogen-bond donors (Lipinski definition) is 1. The van der Waals surface area contributed by atoms with Crippen LogP contribution in [-0.4, -0.2) is 31.9 Å². The number of rotatable bonds is 4. The smallest absolute Gasteiger partial charge is 0.234 e. The van der Waals surface area contributed by atoms with Gasteiger partial charge in [0.1, 0.15) is 5.82 Å². The van der Waals surface area contributed by atoms with E-state index in [-0.39, 0.29) is 23.0 Å². The molecule has 0 aliphatic carbocycles. The summed E-state index contributed by atoms with van der Waals surface area (Å²) >= 11 is 1.25. The highest BCUT2D eigenvalue weighted by molar-refractivity contribution is 7.99. The van der Waals surface area contributed by atoms with Crippen molar-refractivity contribution in [3.05, 3.63) is 30.1 Å². The number of carbonyl (C=O) groups excluding carboxylic acids is 1. The molecular weight excluding hydrogens is 293 g/mol. The third-order valence-electron chi connectivity index (χ3n) is 2.54. The summed E-state index contributed by atoms with van der Waals surface area (Å²) in [6.07, 6.45) is 0. The third-order valence-corrected chi connectivity index (χ3v) is 3.46. The SMILES string of the molecule is CC(C)(C)n1nnnc1SCC(=O)Nc1ccc(F)cc1. The molecule has 2 aromatic rings. The van der Waals surface area contributed by atoms with Crippen molar-refractivity contribution in [1.29, 1.82) is 0 Å². The number of thioether (sulfide) groups is 1. The van der Waals surface area contributed by atoms with Gasteiger partial charge in [0, 0.05) is 5.69 Å². The van der Waals surface area contributed by atoms with Crippen molar-refractivity contribution in [1.82, 2.24) is 20.2 Å². The minimum atomic E-state index is -0.341. The molecule has 0 aliphatic rings.